The highest BCUT2D eigenvalue weighted by atomic mass is 32.2. The van der Waals surface area contributed by atoms with Crippen LogP contribution in [0.5, 0.6) is 5.75 Å². The number of aromatic nitrogens is 4. The number of pyridine rings is 1. The topological polar surface area (TPSA) is 130 Å². The van der Waals surface area contributed by atoms with Crippen molar-refractivity contribution in [3.05, 3.63) is 36.5 Å². The number of halogens is 3. The van der Waals surface area contributed by atoms with Gasteiger partial charge in [-0.3, -0.25) is 9.20 Å². The maximum atomic E-state index is 12.9. The lowest BCUT2D eigenvalue weighted by Crippen LogP contribution is -2.43. The maximum absolute atomic E-state index is 12.9. The molecular formula is C18H18F3N5O4S. The van der Waals surface area contributed by atoms with Crippen LogP contribution in [0.15, 0.2) is 35.7 Å². The van der Waals surface area contributed by atoms with Crippen LogP contribution in [0.25, 0.3) is 17.0 Å². The highest BCUT2D eigenvalue weighted by Crippen LogP contribution is 2.32. The van der Waals surface area contributed by atoms with E-state index in [4.69, 9.17) is 10.5 Å². The number of hydrogen-bond acceptors (Lipinski definition) is 7. The Morgan fingerprint density at radius 3 is 2.48 bits per heavy atom. The van der Waals surface area contributed by atoms with Gasteiger partial charge in [0.15, 0.2) is 15.4 Å². The minimum Gasteiger partial charge on any atom is -0.476 e. The quantitative estimate of drug-likeness (QED) is 0.601. The van der Waals surface area contributed by atoms with Crippen molar-refractivity contribution in [2.45, 2.75) is 37.4 Å². The molecule has 2 N–H and O–H groups in total. The third-order valence-corrected chi connectivity index (χ3v) is 6.13. The molecule has 0 bridgehead atoms. The van der Waals surface area contributed by atoms with Crippen molar-refractivity contribution >= 4 is 21.4 Å². The van der Waals surface area contributed by atoms with Gasteiger partial charge in [0.05, 0.1) is 16.8 Å². The van der Waals surface area contributed by atoms with E-state index in [0.717, 1.165) is 12.4 Å². The molecule has 1 amide bonds. The average molecular weight is 457 g/mol. The zero-order chi connectivity index (χ0) is 23.2. The molecule has 0 aliphatic carbocycles. The van der Waals surface area contributed by atoms with Crippen LogP contribution in [-0.4, -0.2) is 45.0 Å². The molecule has 0 radical (unpaired) electrons. The number of carbonyl (C=O) groups is 1. The lowest BCUT2D eigenvalue weighted by atomic mass is 10.1. The van der Waals surface area contributed by atoms with E-state index >= 15 is 0 Å². The normalized spacial score (nSPS) is 12.8. The number of rotatable bonds is 6. The molecule has 0 unspecified atom stereocenters. The number of amides is 1. The van der Waals surface area contributed by atoms with Gasteiger partial charge in [-0.1, -0.05) is 6.92 Å². The first-order valence-corrected chi connectivity index (χ1v) is 10.5. The molecule has 9 nitrogen and oxygen atoms in total. The van der Waals surface area contributed by atoms with Gasteiger partial charge in [0, 0.05) is 18.3 Å². The van der Waals surface area contributed by atoms with Crippen molar-refractivity contribution in [3.63, 3.8) is 0 Å². The number of nitrogens with zero attached hydrogens (tertiary/aromatic N) is 4. The van der Waals surface area contributed by atoms with Crippen LogP contribution >= 0.6 is 0 Å². The zero-order valence-electron chi connectivity index (χ0n) is 16.6. The molecule has 0 aliphatic heterocycles. The Balaban J connectivity index is 2.15. The molecule has 3 heterocycles. The molecule has 166 valence electrons. The maximum Gasteiger partial charge on any atom is 0.433 e. The second kappa shape index (κ2) is 7.48. The Bertz CT molecular complexity index is 1270. The average Bonchev–Trinajstić information content (AvgIpc) is 3.10. The minimum atomic E-state index is -4.66. The molecule has 3 aromatic rings. The first-order chi connectivity index (χ1) is 14.2. The summed E-state index contributed by atoms with van der Waals surface area (Å²) >= 11 is 0. The van der Waals surface area contributed by atoms with Crippen molar-refractivity contribution in [2.24, 2.45) is 5.73 Å². The van der Waals surface area contributed by atoms with Crippen molar-refractivity contribution < 1.29 is 31.1 Å². The summed E-state index contributed by atoms with van der Waals surface area (Å²) in [4.78, 5) is 22.8. The van der Waals surface area contributed by atoms with Crippen molar-refractivity contribution in [3.8, 4) is 17.1 Å². The summed E-state index contributed by atoms with van der Waals surface area (Å²) in [6.45, 7) is 4.23. The molecule has 0 fully saturated rings. The molecule has 3 rings (SSSR count). The summed E-state index contributed by atoms with van der Waals surface area (Å²) in [6.07, 6.45) is -1.24. The fourth-order valence-corrected chi connectivity index (χ4v) is 3.63. The molecule has 0 spiro atoms. The third kappa shape index (κ3) is 4.45. The van der Waals surface area contributed by atoms with Gasteiger partial charge in [-0.2, -0.15) is 13.2 Å². The summed E-state index contributed by atoms with van der Waals surface area (Å²) in [5.74, 6) is -1.08. The Morgan fingerprint density at radius 1 is 1.23 bits per heavy atom. The summed E-state index contributed by atoms with van der Waals surface area (Å²) < 4.78 is 70.8. The van der Waals surface area contributed by atoms with Gasteiger partial charge in [-0.05, 0) is 13.8 Å². The molecule has 31 heavy (non-hydrogen) atoms. The van der Waals surface area contributed by atoms with Gasteiger partial charge in [-0.25, -0.2) is 23.4 Å². The van der Waals surface area contributed by atoms with Gasteiger partial charge in [0.1, 0.15) is 34.8 Å². The van der Waals surface area contributed by atoms with Crippen molar-refractivity contribution in [1.82, 2.24) is 19.4 Å². The van der Waals surface area contributed by atoms with Crippen LogP contribution in [0.2, 0.25) is 0 Å². The van der Waals surface area contributed by atoms with Crippen LogP contribution in [-0.2, 0) is 20.8 Å². The van der Waals surface area contributed by atoms with Crippen LogP contribution in [0.4, 0.5) is 13.2 Å². The standard InChI is InChI=1S/C18H18F3N5O4S/c1-4-31(28,29)12-5-10(30-17(2,3)16(22)27)7-23-15(12)11-8-26-9-24-13(18(19,20)21)6-14(26)25-11/h5-9H,4H2,1-3H3,(H2,22,27). The van der Waals surface area contributed by atoms with E-state index in [0.29, 0.717) is 0 Å². The molecule has 0 aromatic carbocycles. The number of fused-ring (bicyclic) bond motifs is 1. The zero-order valence-corrected chi connectivity index (χ0v) is 17.5. The predicted octanol–water partition coefficient (Wildman–Crippen LogP) is 2.25. The second-order valence-corrected chi connectivity index (χ2v) is 9.31. The largest absolute Gasteiger partial charge is 0.476 e. The fourth-order valence-electron chi connectivity index (χ4n) is 2.57. The Morgan fingerprint density at radius 2 is 1.90 bits per heavy atom. The highest BCUT2D eigenvalue weighted by Gasteiger charge is 2.33. The number of ether oxygens (including phenoxy) is 1. The first kappa shape index (κ1) is 22.5. The van der Waals surface area contributed by atoms with E-state index in [9.17, 15) is 26.4 Å². The van der Waals surface area contributed by atoms with Gasteiger partial charge in [0.2, 0.25) is 0 Å². The van der Waals surface area contributed by atoms with Crippen LogP contribution < -0.4 is 10.5 Å². The third-order valence-electron chi connectivity index (χ3n) is 4.39. The van der Waals surface area contributed by atoms with Crippen LogP contribution in [0.1, 0.15) is 26.5 Å². The van der Waals surface area contributed by atoms with Crippen LogP contribution in [0, 0.1) is 0 Å². The number of nitrogens with two attached hydrogens (primary N) is 1. The van der Waals surface area contributed by atoms with E-state index in [1.807, 2.05) is 0 Å². The number of primary amides is 1. The number of carbonyl (C=O) groups excluding carboxylic acids is 1. The van der Waals surface area contributed by atoms with E-state index < -0.39 is 33.2 Å². The minimum absolute atomic E-state index is 0.0221. The van der Waals surface area contributed by atoms with E-state index in [-0.39, 0.29) is 33.4 Å². The second-order valence-electron chi connectivity index (χ2n) is 7.06. The molecule has 0 aliphatic rings. The number of alkyl halides is 3. The number of hydrogen-bond donors (Lipinski definition) is 1. The Hall–Kier alpha value is -3.22. The van der Waals surface area contributed by atoms with Gasteiger partial charge in [-0.15, -0.1) is 0 Å². The summed E-state index contributed by atoms with van der Waals surface area (Å²) in [5, 5.41) is 0. The highest BCUT2D eigenvalue weighted by molar-refractivity contribution is 7.91. The van der Waals surface area contributed by atoms with Gasteiger partial charge < -0.3 is 10.5 Å². The molecule has 0 saturated carbocycles. The lowest BCUT2D eigenvalue weighted by molar-refractivity contribution is -0.141. The number of sulfone groups is 1. The SMILES string of the molecule is CCS(=O)(=O)c1cc(OC(C)(C)C(N)=O)cnc1-c1cn2cnc(C(F)(F)F)cc2n1. The lowest BCUT2D eigenvalue weighted by Gasteiger charge is -2.23. The smallest absolute Gasteiger partial charge is 0.433 e. The Labute approximate surface area is 175 Å². The van der Waals surface area contributed by atoms with Crippen molar-refractivity contribution in [1.29, 1.82) is 0 Å². The monoisotopic (exact) mass is 457 g/mol. The number of imidazole rings is 1. The van der Waals surface area contributed by atoms with Crippen LogP contribution in [0.3, 0.4) is 0 Å². The molecule has 3 aromatic heterocycles. The molecular weight excluding hydrogens is 439 g/mol. The first-order valence-electron chi connectivity index (χ1n) is 8.88. The van der Waals surface area contributed by atoms with E-state index in [2.05, 4.69) is 15.0 Å². The van der Waals surface area contributed by atoms with E-state index in [1.54, 1.807) is 0 Å². The fraction of sp³-hybridized carbons (Fsp3) is 0.333. The summed E-state index contributed by atoms with van der Waals surface area (Å²) in [5.41, 5.74) is 2.56. The van der Waals surface area contributed by atoms with Gasteiger partial charge in [0.25, 0.3) is 5.91 Å². The molecule has 13 heteroatoms. The van der Waals surface area contributed by atoms with E-state index in [1.165, 1.54) is 43.6 Å². The Kier molecular flexibility index (Phi) is 5.42. The van der Waals surface area contributed by atoms with Crippen molar-refractivity contribution in [2.75, 3.05) is 5.75 Å². The predicted molar refractivity (Wildman–Crippen MR) is 103 cm³/mol. The summed E-state index contributed by atoms with van der Waals surface area (Å²) in [7, 11) is -3.85. The van der Waals surface area contributed by atoms with Gasteiger partial charge >= 0.3 is 6.18 Å². The molecule has 0 atom stereocenters. The summed E-state index contributed by atoms with van der Waals surface area (Å²) in [6, 6.07) is 1.92. The molecule has 0 saturated heterocycles.